The minimum absolute atomic E-state index is 0.0233. The number of carbonyl (C=O) groups excluding carboxylic acids is 4. The van der Waals surface area contributed by atoms with E-state index in [-0.39, 0.29) is 30.2 Å². The van der Waals surface area contributed by atoms with Gasteiger partial charge in [-0.05, 0) is 83.7 Å². The highest BCUT2D eigenvalue weighted by molar-refractivity contribution is 5.92. The summed E-state index contributed by atoms with van der Waals surface area (Å²) in [5, 5.41) is 6.34. The number of benzene rings is 3. The zero-order chi connectivity index (χ0) is 46.5. The van der Waals surface area contributed by atoms with Gasteiger partial charge in [0.15, 0.2) is 0 Å². The lowest BCUT2D eigenvalue weighted by Gasteiger charge is -2.30. The average molecular weight is 771 g/mol. The molecule has 4 heterocycles. The van der Waals surface area contributed by atoms with E-state index in [1.54, 1.807) is 16.4 Å². The van der Waals surface area contributed by atoms with Gasteiger partial charge in [0, 0.05) is 28.2 Å². The molecule has 3 aromatic carbocycles. The molecule has 2 aromatic heterocycles. The van der Waals surface area contributed by atoms with Crippen LogP contribution in [0.5, 0.6) is 0 Å². The Bertz CT molecular complexity index is 2580. The number of carbonyl (C=O) groups is 4. The van der Waals surface area contributed by atoms with E-state index in [9.17, 15) is 19.2 Å². The van der Waals surface area contributed by atoms with Crippen molar-refractivity contribution < 1.29 is 39.6 Å². The maximum atomic E-state index is 14.2. The maximum absolute atomic E-state index is 14.2. The number of amides is 4. The topological polar surface area (TPSA) is 175 Å². The van der Waals surface area contributed by atoms with Crippen LogP contribution in [0.3, 0.4) is 0 Å². The predicted octanol–water partition coefficient (Wildman–Crippen LogP) is 6.86. The third-order valence-electron chi connectivity index (χ3n) is 10.5. The second-order valence-electron chi connectivity index (χ2n) is 14.4. The summed E-state index contributed by atoms with van der Waals surface area (Å²) in [6, 6.07) is 12.5. The molecule has 2 aliphatic heterocycles. The Morgan fingerprint density at radius 1 is 0.804 bits per heavy atom. The van der Waals surface area contributed by atoms with Crippen LogP contribution in [0.15, 0.2) is 60.8 Å². The number of hydrogen-bond acceptors (Lipinski definition) is 8. The Morgan fingerprint density at radius 3 is 2.09 bits per heavy atom. The van der Waals surface area contributed by atoms with Crippen LogP contribution in [0.1, 0.15) is 87.9 Å². The maximum Gasteiger partial charge on any atom is 0.407 e. The standard InChI is InChI=1S/C42H50N8O6/c1-23(2)35(47-41(53)55-5)39(51)49-17-7-9-33(49)37-43-22-32(46-37)29-14-13-25-19-26(11-12-27(25)20-29)28-15-16-30-31(21-28)45-38(44-30)34-10-8-18-50(34)40(52)36(24(3)4)48-42(54)56-6/h11-16,19-24,33-36H,7-10,17-18H2,1-6H3,(H,43,46)(H,44,45)(H,47,53)(H,48,54)/t33-,34-,35+,36-/m0/s1/i1D3,2D3,23D,35D. The van der Waals surface area contributed by atoms with Gasteiger partial charge in [0.2, 0.25) is 11.8 Å². The lowest BCUT2D eigenvalue weighted by Crippen LogP contribution is -2.51. The molecule has 0 aliphatic carbocycles. The first-order chi connectivity index (χ1) is 30.1. The van der Waals surface area contributed by atoms with Crippen molar-refractivity contribution in [3.05, 3.63) is 72.4 Å². The number of nitrogens with one attached hydrogen (secondary N) is 4. The van der Waals surface area contributed by atoms with E-state index in [2.05, 4.69) is 31.1 Å². The average Bonchev–Trinajstić information content (AvgIpc) is 4.09. The molecular weight excluding hydrogens is 713 g/mol. The van der Waals surface area contributed by atoms with E-state index < -0.39 is 55.8 Å². The van der Waals surface area contributed by atoms with E-state index >= 15 is 0 Å². The van der Waals surface area contributed by atoms with Crippen LogP contribution in [-0.4, -0.2) is 93.1 Å². The van der Waals surface area contributed by atoms with Gasteiger partial charge in [-0.1, -0.05) is 57.9 Å². The first kappa shape index (κ1) is 29.4. The molecule has 7 rings (SSSR count). The molecule has 2 saturated heterocycles. The number of hydrogen-bond donors (Lipinski definition) is 4. The lowest BCUT2D eigenvalue weighted by molar-refractivity contribution is -0.136. The van der Waals surface area contributed by atoms with Crippen LogP contribution in [0, 0.1) is 11.8 Å². The van der Waals surface area contributed by atoms with Gasteiger partial charge in [0.1, 0.15) is 23.7 Å². The number of methoxy groups -OCH3 is 2. The van der Waals surface area contributed by atoms with Crippen molar-refractivity contribution >= 4 is 45.8 Å². The number of imidazole rings is 2. The van der Waals surface area contributed by atoms with Crippen molar-refractivity contribution in [1.29, 1.82) is 0 Å². The van der Waals surface area contributed by atoms with E-state index in [1.807, 2.05) is 62.4 Å². The van der Waals surface area contributed by atoms with E-state index in [4.69, 9.17) is 20.7 Å². The third kappa shape index (κ3) is 7.64. The molecule has 4 amide bonds. The Labute approximate surface area is 337 Å². The van der Waals surface area contributed by atoms with Crippen molar-refractivity contribution in [2.24, 2.45) is 11.8 Å². The molecule has 0 bridgehead atoms. The first-order valence-corrected chi connectivity index (χ1v) is 18.5. The van der Waals surface area contributed by atoms with Gasteiger partial charge in [0.05, 0.1) is 50.6 Å². The Balaban J connectivity index is 1.11. The molecule has 14 heteroatoms. The number of alkyl carbamates (subject to hydrolysis) is 2. The molecule has 0 radical (unpaired) electrons. The molecule has 2 fully saturated rings. The monoisotopic (exact) mass is 770 g/mol. The summed E-state index contributed by atoms with van der Waals surface area (Å²) in [5.74, 6) is -4.55. The number of ether oxygens (including phenoxy) is 2. The second kappa shape index (κ2) is 16.0. The molecule has 0 saturated carbocycles. The predicted molar refractivity (Wildman–Crippen MR) is 212 cm³/mol. The molecule has 5 aromatic rings. The summed E-state index contributed by atoms with van der Waals surface area (Å²) < 4.78 is 74.7. The number of aromatic amines is 2. The summed E-state index contributed by atoms with van der Waals surface area (Å²) in [7, 11) is 2.17. The second-order valence-corrected chi connectivity index (χ2v) is 14.4. The summed E-state index contributed by atoms with van der Waals surface area (Å²) in [5.41, 5.74) is 4.83. The minimum atomic E-state index is -3.79. The highest BCUT2D eigenvalue weighted by atomic mass is 16.5. The van der Waals surface area contributed by atoms with Crippen molar-refractivity contribution in [2.75, 3.05) is 27.3 Å². The third-order valence-corrected chi connectivity index (χ3v) is 10.5. The fourth-order valence-electron chi connectivity index (χ4n) is 7.62. The van der Waals surface area contributed by atoms with Crippen molar-refractivity contribution in [3.63, 3.8) is 0 Å². The summed E-state index contributed by atoms with van der Waals surface area (Å²) in [6.45, 7) is -3.17. The fraction of sp³-hybridized carbons (Fsp3) is 0.429. The van der Waals surface area contributed by atoms with E-state index in [1.165, 1.54) is 7.11 Å². The largest absolute Gasteiger partial charge is 0.453 e. The van der Waals surface area contributed by atoms with Crippen LogP contribution in [0.4, 0.5) is 9.59 Å². The summed E-state index contributed by atoms with van der Waals surface area (Å²) in [4.78, 5) is 71.2. The molecule has 4 atom stereocenters. The van der Waals surface area contributed by atoms with Gasteiger partial charge in [0.25, 0.3) is 0 Å². The Morgan fingerprint density at radius 2 is 1.41 bits per heavy atom. The van der Waals surface area contributed by atoms with Crippen LogP contribution in [0.2, 0.25) is 0 Å². The number of nitrogens with zero attached hydrogens (tertiary/aromatic N) is 4. The number of rotatable bonds is 10. The molecule has 14 nitrogen and oxygen atoms in total. The zero-order valence-electron chi connectivity index (χ0n) is 39.6. The normalized spacial score (nSPS) is 21.4. The van der Waals surface area contributed by atoms with E-state index in [0.29, 0.717) is 30.9 Å². The number of likely N-dealkylation sites (tertiary alicyclic amines) is 2. The highest BCUT2D eigenvalue weighted by Gasteiger charge is 2.39. The van der Waals surface area contributed by atoms with Crippen molar-refractivity contribution in [3.8, 4) is 22.4 Å². The van der Waals surface area contributed by atoms with Gasteiger partial charge < -0.3 is 39.9 Å². The Kier molecular flexibility index (Phi) is 8.42. The van der Waals surface area contributed by atoms with Crippen LogP contribution >= 0.6 is 0 Å². The van der Waals surface area contributed by atoms with Gasteiger partial charge in [-0.15, -0.1) is 0 Å². The van der Waals surface area contributed by atoms with E-state index in [0.717, 1.165) is 63.3 Å². The van der Waals surface area contributed by atoms with Crippen molar-refractivity contribution in [1.82, 2.24) is 40.4 Å². The molecule has 0 unspecified atom stereocenters. The van der Waals surface area contributed by atoms with Gasteiger partial charge >= 0.3 is 12.2 Å². The summed E-state index contributed by atoms with van der Waals surface area (Å²) >= 11 is 0. The SMILES string of the molecule is [2H]C([2H])([2H])C([2H])(C([2H])([2H])[2H])[C@@]([2H])(NC(=O)OC)C(=O)N1CCC[C@H]1c1ncc(-c2ccc3cc(-c4ccc5nc([C@@H]6CCCN6C(=O)[C@@H](NC(=O)OC)C(C)C)[nH]c5c4)ccc3c2)[nH]1. The molecule has 4 N–H and O–H groups in total. The molecular formula is C42H50N8O6. The summed E-state index contributed by atoms with van der Waals surface area (Å²) in [6.07, 6.45) is 1.70. The fourth-order valence-corrected chi connectivity index (χ4v) is 7.62. The quantitative estimate of drug-likeness (QED) is 0.119. The van der Waals surface area contributed by atoms with Crippen molar-refractivity contribution in [2.45, 2.75) is 77.4 Å². The van der Waals surface area contributed by atoms with Gasteiger partial charge in [-0.3, -0.25) is 9.59 Å². The first-order valence-electron chi connectivity index (χ1n) is 22.5. The van der Waals surface area contributed by atoms with Crippen LogP contribution < -0.4 is 10.6 Å². The highest BCUT2D eigenvalue weighted by Crippen LogP contribution is 2.36. The smallest absolute Gasteiger partial charge is 0.407 e. The number of H-pyrrole nitrogens is 2. The zero-order valence-corrected chi connectivity index (χ0v) is 31.6. The molecule has 2 aliphatic rings. The molecule has 56 heavy (non-hydrogen) atoms. The Hall–Kier alpha value is -5.92. The number of aromatic nitrogens is 4. The van der Waals surface area contributed by atoms with Crippen LogP contribution in [-0.2, 0) is 19.1 Å². The number of fused-ring (bicyclic) bond motifs is 2. The van der Waals surface area contributed by atoms with Gasteiger partial charge in [-0.25, -0.2) is 19.6 Å². The van der Waals surface area contributed by atoms with Crippen LogP contribution in [0.25, 0.3) is 44.2 Å². The minimum Gasteiger partial charge on any atom is -0.453 e. The lowest BCUT2D eigenvalue weighted by atomic mass is 9.99. The molecule has 294 valence electrons. The molecule has 0 spiro atoms. The van der Waals surface area contributed by atoms with Gasteiger partial charge in [-0.2, -0.15) is 0 Å².